The molecule has 24 heavy (non-hydrogen) atoms. The number of benzene rings is 1. The van der Waals surface area contributed by atoms with Crippen LogP contribution in [-0.4, -0.2) is 42.1 Å². The van der Waals surface area contributed by atoms with E-state index in [2.05, 4.69) is 0 Å². The van der Waals surface area contributed by atoms with Gasteiger partial charge < -0.3 is 14.7 Å². The zero-order valence-corrected chi connectivity index (χ0v) is 14.4. The van der Waals surface area contributed by atoms with Gasteiger partial charge in [0.25, 0.3) is 0 Å². The van der Waals surface area contributed by atoms with E-state index in [1.165, 1.54) is 5.56 Å². The summed E-state index contributed by atoms with van der Waals surface area (Å²) in [5, 5.41) is 8.79. The number of rotatable bonds is 8. The predicted molar refractivity (Wildman–Crippen MR) is 92.1 cm³/mol. The van der Waals surface area contributed by atoms with Crippen molar-refractivity contribution in [3.8, 4) is 5.75 Å². The molecule has 1 amide bonds. The van der Waals surface area contributed by atoms with Crippen LogP contribution in [0.5, 0.6) is 5.75 Å². The number of carbonyl (C=O) groups excluding carboxylic acids is 1. The molecule has 0 spiro atoms. The number of carboxylic acid groups (broad SMARTS) is 1. The monoisotopic (exact) mass is 333 g/mol. The fraction of sp³-hybridized carbons (Fsp3) is 0.579. The Morgan fingerprint density at radius 3 is 2.67 bits per heavy atom. The fourth-order valence-electron chi connectivity index (χ4n) is 3.25. The lowest BCUT2D eigenvalue weighted by molar-refractivity contribution is -0.137. The number of carbonyl (C=O) groups is 2. The van der Waals surface area contributed by atoms with E-state index in [-0.39, 0.29) is 12.3 Å². The Balaban J connectivity index is 1.72. The van der Waals surface area contributed by atoms with Crippen LogP contribution < -0.4 is 4.74 Å². The second kappa shape index (κ2) is 9.30. The van der Waals surface area contributed by atoms with Gasteiger partial charge in [0, 0.05) is 25.9 Å². The lowest BCUT2D eigenvalue weighted by Gasteiger charge is -2.32. The van der Waals surface area contributed by atoms with E-state index >= 15 is 0 Å². The number of methoxy groups -OCH3 is 1. The Morgan fingerprint density at radius 1 is 1.25 bits per heavy atom. The van der Waals surface area contributed by atoms with Gasteiger partial charge >= 0.3 is 5.97 Å². The Bertz CT molecular complexity index is 541. The number of carboxylic acids is 1. The minimum absolute atomic E-state index is 0.198. The molecule has 5 nitrogen and oxygen atoms in total. The van der Waals surface area contributed by atoms with Gasteiger partial charge in [0.05, 0.1) is 7.11 Å². The standard InChI is InChI=1S/C19H27NO4/c1-24-17-10-7-15(8-11-17)4-2-6-18(21)20-13-3-5-16(14-20)9-12-19(22)23/h7-8,10-11,16H,2-6,9,12-14H2,1H3,(H,22,23)/t16-/m1/s1. The van der Waals surface area contributed by atoms with Gasteiger partial charge in [-0.05, 0) is 55.7 Å². The Kier molecular flexibility index (Phi) is 7.09. The highest BCUT2D eigenvalue weighted by Gasteiger charge is 2.23. The second-order valence-electron chi connectivity index (χ2n) is 6.48. The number of likely N-dealkylation sites (tertiary alicyclic amines) is 1. The predicted octanol–water partition coefficient (Wildman–Crippen LogP) is 3.12. The van der Waals surface area contributed by atoms with Crippen LogP contribution in [0.1, 0.15) is 44.1 Å². The third-order valence-corrected chi connectivity index (χ3v) is 4.65. The third-order valence-electron chi connectivity index (χ3n) is 4.65. The smallest absolute Gasteiger partial charge is 0.303 e. The second-order valence-corrected chi connectivity index (χ2v) is 6.48. The molecule has 0 bridgehead atoms. The summed E-state index contributed by atoms with van der Waals surface area (Å²) >= 11 is 0. The maximum Gasteiger partial charge on any atom is 0.303 e. The molecular weight excluding hydrogens is 306 g/mol. The minimum atomic E-state index is -0.752. The van der Waals surface area contributed by atoms with Crippen LogP contribution >= 0.6 is 0 Å². The molecule has 1 aromatic carbocycles. The molecule has 5 heteroatoms. The van der Waals surface area contributed by atoms with Crippen LogP contribution in [0.4, 0.5) is 0 Å². The van der Waals surface area contributed by atoms with Crippen LogP contribution in [0, 0.1) is 5.92 Å². The first-order valence-electron chi connectivity index (χ1n) is 8.71. The molecule has 1 N–H and O–H groups in total. The molecule has 0 aromatic heterocycles. The fourth-order valence-corrected chi connectivity index (χ4v) is 3.25. The number of piperidine rings is 1. The summed E-state index contributed by atoms with van der Waals surface area (Å²) < 4.78 is 5.14. The zero-order chi connectivity index (χ0) is 17.4. The molecule has 1 aromatic rings. The maximum absolute atomic E-state index is 12.4. The van der Waals surface area contributed by atoms with Gasteiger partial charge in [-0.1, -0.05) is 12.1 Å². The average Bonchev–Trinajstić information content (AvgIpc) is 2.60. The number of nitrogens with zero attached hydrogens (tertiary/aromatic N) is 1. The van der Waals surface area contributed by atoms with Crippen LogP contribution in [-0.2, 0) is 16.0 Å². The number of ether oxygens (including phenoxy) is 1. The van der Waals surface area contributed by atoms with Crippen molar-refractivity contribution >= 4 is 11.9 Å². The van der Waals surface area contributed by atoms with E-state index in [0.29, 0.717) is 25.3 Å². The summed E-state index contributed by atoms with van der Waals surface area (Å²) in [4.78, 5) is 25.0. The van der Waals surface area contributed by atoms with Crippen molar-refractivity contribution < 1.29 is 19.4 Å². The highest BCUT2D eigenvalue weighted by atomic mass is 16.5. The molecule has 1 heterocycles. The van der Waals surface area contributed by atoms with Crippen molar-refractivity contribution in [1.82, 2.24) is 4.90 Å². The number of amides is 1. The summed E-state index contributed by atoms with van der Waals surface area (Å²) in [5.41, 5.74) is 1.21. The molecule has 1 saturated heterocycles. The van der Waals surface area contributed by atoms with Crippen LogP contribution in [0.3, 0.4) is 0 Å². The molecule has 0 aliphatic carbocycles. The van der Waals surface area contributed by atoms with E-state index in [4.69, 9.17) is 9.84 Å². The van der Waals surface area contributed by atoms with Crippen molar-refractivity contribution in [2.75, 3.05) is 20.2 Å². The Hall–Kier alpha value is -2.04. The summed E-state index contributed by atoms with van der Waals surface area (Å²) in [5.74, 6) is 0.623. The van der Waals surface area contributed by atoms with Crippen LogP contribution in [0.15, 0.2) is 24.3 Å². The van der Waals surface area contributed by atoms with Gasteiger partial charge in [0.15, 0.2) is 0 Å². The van der Waals surface area contributed by atoms with Crippen molar-refractivity contribution in [3.05, 3.63) is 29.8 Å². The van der Waals surface area contributed by atoms with E-state index < -0.39 is 5.97 Å². The molecule has 1 atom stereocenters. The number of hydrogen-bond donors (Lipinski definition) is 1. The van der Waals surface area contributed by atoms with E-state index in [9.17, 15) is 9.59 Å². The topological polar surface area (TPSA) is 66.8 Å². The summed E-state index contributed by atoms with van der Waals surface area (Å²) in [7, 11) is 1.65. The number of aliphatic carboxylic acids is 1. The third kappa shape index (κ3) is 5.87. The normalized spacial score (nSPS) is 17.5. The van der Waals surface area contributed by atoms with Crippen molar-refractivity contribution in [1.29, 1.82) is 0 Å². The largest absolute Gasteiger partial charge is 0.497 e. The number of hydrogen-bond acceptors (Lipinski definition) is 3. The van der Waals surface area contributed by atoms with Crippen molar-refractivity contribution in [2.24, 2.45) is 5.92 Å². The summed E-state index contributed by atoms with van der Waals surface area (Å²) in [6.07, 6.45) is 5.15. The molecule has 1 aliphatic rings. The SMILES string of the molecule is COc1ccc(CCCC(=O)N2CCC[C@H](CCC(=O)O)C2)cc1. The quantitative estimate of drug-likeness (QED) is 0.794. The van der Waals surface area contributed by atoms with E-state index in [1.807, 2.05) is 29.2 Å². The van der Waals surface area contributed by atoms with Gasteiger partial charge in [-0.15, -0.1) is 0 Å². The number of aryl methyl sites for hydroxylation is 1. The van der Waals surface area contributed by atoms with Gasteiger partial charge in [-0.2, -0.15) is 0 Å². The first-order chi connectivity index (χ1) is 11.6. The van der Waals surface area contributed by atoms with E-state index in [0.717, 1.165) is 38.0 Å². The van der Waals surface area contributed by atoms with Gasteiger partial charge in [-0.3, -0.25) is 9.59 Å². The summed E-state index contributed by atoms with van der Waals surface area (Å²) in [6.45, 7) is 1.53. The Morgan fingerprint density at radius 2 is 2.00 bits per heavy atom. The molecular formula is C19H27NO4. The van der Waals surface area contributed by atoms with Crippen LogP contribution in [0.25, 0.3) is 0 Å². The molecule has 1 aliphatic heterocycles. The van der Waals surface area contributed by atoms with Crippen molar-refractivity contribution in [2.45, 2.75) is 44.9 Å². The van der Waals surface area contributed by atoms with E-state index in [1.54, 1.807) is 7.11 Å². The lowest BCUT2D eigenvalue weighted by Crippen LogP contribution is -2.40. The summed E-state index contributed by atoms with van der Waals surface area (Å²) in [6, 6.07) is 7.95. The zero-order valence-electron chi connectivity index (χ0n) is 14.4. The minimum Gasteiger partial charge on any atom is -0.497 e. The highest BCUT2D eigenvalue weighted by Crippen LogP contribution is 2.22. The molecule has 0 radical (unpaired) electrons. The van der Waals surface area contributed by atoms with Gasteiger partial charge in [0.1, 0.15) is 5.75 Å². The first-order valence-corrected chi connectivity index (χ1v) is 8.71. The van der Waals surface area contributed by atoms with Crippen LogP contribution in [0.2, 0.25) is 0 Å². The molecule has 0 saturated carbocycles. The lowest BCUT2D eigenvalue weighted by atomic mass is 9.93. The molecule has 132 valence electrons. The average molecular weight is 333 g/mol. The van der Waals surface area contributed by atoms with Gasteiger partial charge in [-0.25, -0.2) is 0 Å². The molecule has 2 rings (SSSR count). The van der Waals surface area contributed by atoms with Gasteiger partial charge in [0.2, 0.25) is 5.91 Å². The highest BCUT2D eigenvalue weighted by molar-refractivity contribution is 5.76. The first kappa shape index (κ1) is 18.3. The molecule has 1 fully saturated rings. The Labute approximate surface area is 143 Å². The maximum atomic E-state index is 12.4. The molecule has 0 unspecified atom stereocenters. The van der Waals surface area contributed by atoms with Crippen molar-refractivity contribution in [3.63, 3.8) is 0 Å².